The number of carboxylic acids is 1. The van der Waals surface area contributed by atoms with E-state index in [1.54, 1.807) is 0 Å². The molecule has 0 aliphatic carbocycles. The molecular formula is C17H22O5. The molecule has 0 spiro atoms. The van der Waals surface area contributed by atoms with E-state index in [1.165, 1.54) is 0 Å². The average molecular weight is 306 g/mol. The molecule has 1 heterocycles. The molecular weight excluding hydrogens is 284 g/mol. The Bertz CT molecular complexity index is 618. The number of fused-ring (bicyclic) bond motifs is 1. The van der Waals surface area contributed by atoms with Crippen LogP contribution in [0, 0.1) is 20.8 Å². The van der Waals surface area contributed by atoms with Crippen molar-refractivity contribution in [1.82, 2.24) is 0 Å². The van der Waals surface area contributed by atoms with Gasteiger partial charge in [0.05, 0.1) is 12.8 Å². The molecule has 1 aromatic carbocycles. The quantitative estimate of drug-likeness (QED) is 0.668. The molecule has 0 aromatic heterocycles. The van der Waals surface area contributed by atoms with Crippen LogP contribution in [-0.4, -0.2) is 23.1 Å². The predicted octanol–water partition coefficient (Wildman–Crippen LogP) is 3.10. The van der Waals surface area contributed by atoms with E-state index in [9.17, 15) is 9.59 Å². The molecule has 0 amide bonds. The van der Waals surface area contributed by atoms with Gasteiger partial charge in [0, 0.05) is 12.0 Å². The Morgan fingerprint density at radius 3 is 2.45 bits per heavy atom. The monoisotopic (exact) mass is 306 g/mol. The lowest BCUT2D eigenvalue weighted by atomic mass is 9.95. The SMILES string of the molecule is CCC1Cc2c(C)c(OC(=O)CCC(=O)O)c(C)c(C)c2O1. The standard InChI is InChI=1S/C17H22O5/c1-5-12-8-13-11(4)16(9(2)10(3)17(13)21-12)22-15(20)7-6-14(18)19/h12H,5-8H2,1-4H3,(H,18,19). The maximum Gasteiger partial charge on any atom is 0.311 e. The van der Waals surface area contributed by atoms with Crippen LogP contribution in [0.4, 0.5) is 0 Å². The largest absolute Gasteiger partial charge is 0.490 e. The van der Waals surface area contributed by atoms with Gasteiger partial charge in [-0.25, -0.2) is 0 Å². The summed E-state index contributed by atoms with van der Waals surface area (Å²) in [6.07, 6.45) is 1.57. The molecule has 1 atom stereocenters. The van der Waals surface area contributed by atoms with Crippen molar-refractivity contribution in [2.45, 2.75) is 59.5 Å². The number of rotatable bonds is 5. The Morgan fingerprint density at radius 1 is 1.18 bits per heavy atom. The Balaban J connectivity index is 2.28. The van der Waals surface area contributed by atoms with E-state index in [4.69, 9.17) is 14.6 Å². The van der Waals surface area contributed by atoms with Gasteiger partial charge in [0.2, 0.25) is 0 Å². The van der Waals surface area contributed by atoms with Crippen LogP contribution in [0.25, 0.3) is 0 Å². The van der Waals surface area contributed by atoms with Gasteiger partial charge in [-0.1, -0.05) is 6.92 Å². The van der Waals surface area contributed by atoms with E-state index < -0.39 is 11.9 Å². The van der Waals surface area contributed by atoms with Crippen molar-refractivity contribution in [3.8, 4) is 11.5 Å². The van der Waals surface area contributed by atoms with Gasteiger partial charge in [-0.2, -0.15) is 0 Å². The third kappa shape index (κ3) is 3.08. The minimum Gasteiger partial charge on any atom is -0.490 e. The van der Waals surface area contributed by atoms with Crippen LogP contribution in [0.3, 0.4) is 0 Å². The van der Waals surface area contributed by atoms with Gasteiger partial charge >= 0.3 is 11.9 Å². The van der Waals surface area contributed by atoms with Crippen LogP contribution >= 0.6 is 0 Å². The second kappa shape index (κ2) is 6.38. The maximum absolute atomic E-state index is 11.8. The summed E-state index contributed by atoms with van der Waals surface area (Å²) in [6.45, 7) is 7.86. The second-order valence-corrected chi connectivity index (χ2v) is 5.73. The van der Waals surface area contributed by atoms with Gasteiger partial charge in [0.1, 0.15) is 17.6 Å². The summed E-state index contributed by atoms with van der Waals surface area (Å²) in [5.41, 5.74) is 3.86. The van der Waals surface area contributed by atoms with Crippen molar-refractivity contribution in [1.29, 1.82) is 0 Å². The van der Waals surface area contributed by atoms with Gasteiger partial charge in [-0.15, -0.1) is 0 Å². The first kappa shape index (κ1) is 16.3. The van der Waals surface area contributed by atoms with E-state index >= 15 is 0 Å². The third-order valence-electron chi connectivity index (χ3n) is 4.24. The van der Waals surface area contributed by atoms with E-state index in [1.807, 2.05) is 20.8 Å². The zero-order valence-corrected chi connectivity index (χ0v) is 13.5. The number of hydrogen-bond acceptors (Lipinski definition) is 4. The summed E-state index contributed by atoms with van der Waals surface area (Å²) in [5, 5.41) is 8.64. The lowest BCUT2D eigenvalue weighted by Crippen LogP contribution is -2.12. The summed E-state index contributed by atoms with van der Waals surface area (Å²) in [6, 6.07) is 0. The van der Waals surface area contributed by atoms with Gasteiger partial charge in [-0.3, -0.25) is 9.59 Å². The second-order valence-electron chi connectivity index (χ2n) is 5.73. The topological polar surface area (TPSA) is 72.8 Å². The fourth-order valence-corrected chi connectivity index (χ4v) is 2.75. The summed E-state index contributed by atoms with van der Waals surface area (Å²) < 4.78 is 11.4. The molecule has 0 fully saturated rings. The first-order valence-corrected chi connectivity index (χ1v) is 7.56. The Kier molecular flexibility index (Phi) is 4.74. The van der Waals surface area contributed by atoms with Gasteiger partial charge < -0.3 is 14.6 Å². The molecule has 1 N–H and O–H groups in total. The van der Waals surface area contributed by atoms with Gasteiger partial charge in [-0.05, 0) is 43.9 Å². The summed E-state index contributed by atoms with van der Waals surface area (Å²) in [7, 11) is 0. The number of carbonyl (C=O) groups excluding carboxylic acids is 1. The van der Waals surface area contributed by atoms with Crippen LogP contribution in [0.2, 0.25) is 0 Å². The highest BCUT2D eigenvalue weighted by Crippen LogP contribution is 2.42. The highest BCUT2D eigenvalue weighted by atomic mass is 16.5. The average Bonchev–Trinajstić information content (AvgIpc) is 2.92. The molecule has 1 aromatic rings. The summed E-state index contributed by atoms with van der Waals surface area (Å²) in [5.74, 6) is -0.0622. The molecule has 1 aliphatic heterocycles. The lowest BCUT2D eigenvalue weighted by Gasteiger charge is -2.16. The van der Waals surface area contributed by atoms with E-state index in [0.29, 0.717) is 5.75 Å². The summed E-state index contributed by atoms with van der Waals surface area (Å²) in [4.78, 5) is 22.4. The van der Waals surface area contributed by atoms with Crippen molar-refractivity contribution in [3.05, 3.63) is 22.3 Å². The smallest absolute Gasteiger partial charge is 0.311 e. The molecule has 0 radical (unpaired) electrons. The zero-order chi connectivity index (χ0) is 16.4. The van der Waals surface area contributed by atoms with Crippen LogP contribution in [0.5, 0.6) is 11.5 Å². The fraction of sp³-hybridized carbons (Fsp3) is 0.529. The highest BCUT2D eigenvalue weighted by molar-refractivity contribution is 5.79. The molecule has 0 saturated heterocycles. The van der Waals surface area contributed by atoms with Crippen molar-refractivity contribution < 1.29 is 24.2 Å². The molecule has 5 heteroatoms. The number of esters is 1. The van der Waals surface area contributed by atoms with Crippen molar-refractivity contribution >= 4 is 11.9 Å². The summed E-state index contributed by atoms with van der Waals surface area (Å²) >= 11 is 0. The number of hydrogen-bond donors (Lipinski definition) is 1. The molecule has 1 aliphatic rings. The maximum atomic E-state index is 11.8. The van der Waals surface area contributed by atoms with Crippen molar-refractivity contribution in [3.63, 3.8) is 0 Å². The minimum absolute atomic E-state index is 0.127. The van der Waals surface area contributed by atoms with Crippen molar-refractivity contribution in [2.75, 3.05) is 0 Å². The minimum atomic E-state index is -1.00. The van der Waals surface area contributed by atoms with Crippen LogP contribution in [0.1, 0.15) is 48.4 Å². The number of aliphatic carboxylic acids is 1. The normalized spacial score (nSPS) is 16.1. The molecule has 2 rings (SSSR count). The van der Waals surface area contributed by atoms with E-state index in [2.05, 4.69) is 6.92 Å². The lowest BCUT2D eigenvalue weighted by molar-refractivity contribution is -0.142. The first-order chi connectivity index (χ1) is 10.3. The van der Waals surface area contributed by atoms with Gasteiger partial charge in [0.15, 0.2) is 0 Å². The fourth-order valence-electron chi connectivity index (χ4n) is 2.75. The third-order valence-corrected chi connectivity index (χ3v) is 4.24. The molecule has 120 valence electrons. The molecule has 22 heavy (non-hydrogen) atoms. The predicted molar refractivity (Wildman–Crippen MR) is 81.6 cm³/mol. The molecule has 0 bridgehead atoms. The Morgan fingerprint density at radius 2 is 1.86 bits per heavy atom. The van der Waals surface area contributed by atoms with Crippen LogP contribution in [0.15, 0.2) is 0 Å². The molecule has 0 saturated carbocycles. The molecule has 5 nitrogen and oxygen atoms in total. The van der Waals surface area contributed by atoms with E-state index in [-0.39, 0.29) is 18.9 Å². The molecule has 1 unspecified atom stereocenters. The number of benzene rings is 1. The number of carboxylic acid groups (broad SMARTS) is 1. The Hall–Kier alpha value is -2.04. The van der Waals surface area contributed by atoms with Crippen LogP contribution < -0.4 is 9.47 Å². The highest BCUT2D eigenvalue weighted by Gasteiger charge is 2.29. The Labute approximate surface area is 130 Å². The zero-order valence-electron chi connectivity index (χ0n) is 13.5. The number of carbonyl (C=O) groups is 2. The van der Waals surface area contributed by atoms with Crippen LogP contribution in [-0.2, 0) is 16.0 Å². The first-order valence-electron chi connectivity index (χ1n) is 7.56. The van der Waals surface area contributed by atoms with Crippen molar-refractivity contribution in [2.24, 2.45) is 0 Å². The number of ether oxygens (including phenoxy) is 2. The van der Waals surface area contributed by atoms with E-state index in [0.717, 1.165) is 40.8 Å². The van der Waals surface area contributed by atoms with Gasteiger partial charge in [0.25, 0.3) is 0 Å².